The van der Waals surface area contributed by atoms with Gasteiger partial charge in [0.05, 0.1) is 15.0 Å². The van der Waals surface area contributed by atoms with Crippen LogP contribution in [0.5, 0.6) is 5.75 Å². The third-order valence-electron chi connectivity index (χ3n) is 3.18. The number of nitro benzene ring substituents is 1. The van der Waals surface area contributed by atoms with Gasteiger partial charge in [0.1, 0.15) is 5.75 Å². The van der Waals surface area contributed by atoms with Crippen molar-refractivity contribution in [3.63, 3.8) is 0 Å². The first-order chi connectivity index (χ1) is 10.8. The Labute approximate surface area is 140 Å². The zero-order chi connectivity index (χ0) is 17.1. The first kappa shape index (κ1) is 16.8. The summed E-state index contributed by atoms with van der Waals surface area (Å²) in [7, 11) is 0. The van der Waals surface area contributed by atoms with Crippen molar-refractivity contribution in [2.24, 2.45) is 0 Å². The van der Waals surface area contributed by atoms with Gasteiger partial charge in [0.15, 0.2) is 5.78 Å². The Hall–Kier alpha value is -2.54. The minimum absolute atomic E-state index is 0.0739. The van der Waals surface area contributed by atoms with Crippen LogP contribution in [0, 0.1) is 17.0 Å². The molecule has 2 aromatic carbocycles. The summed E-state index contributed by atoms with van der Waals surface area (Å²) in [5.41, 5.74) is 0.858. The number of esters is 1. The van der Waals surface area contributed by atoms with Gasteiger partial charge in [0, 0.05) is 17.2 Å². The predicted octanol–water partition coefficient (Wildman–Crippen LogP) is 4.09. The van der Waals surface area contributed by atoms with Crippen LogP contribution in [0.1, 0.15) is 33.2 Å². The molecule has 2 aromatic rings. The van der Waals surface area contributed by atoms with E-state index in [1.54, 1.807) is 13.0 Å². The lowest BCUT2D eigenvalue weighted by atomic mass is 10.1. The molecule has 0 aliphatic heterocycles. The van der Waals surface area contributed by atoms with Crippen molar-refractivity contribution in [1.82, 2.24) is 0 Å². The van der Waals surface area contributed by atoms with Crippen LogP contribution in [0.4, 0.5) is 5.69 Å². The number of hydrogen-bond donors (Lipinski definition) is 0. The second-order valence-electron chi connectivity index (χ2n) is 4.85. The van der Waals surface area contributed by atoms with Crippen LogP contribution in [0.3, 0.4) is 0 Å². The lowest BCUT2D eigenvalue weighted by Gasteiger charge is -2.08. The highest BCUT2D eigenvalue weighted by Crippen LogP contribution is 2.28. The van der Waals surface area contributed by atoms with Crippen molar-refractivity contribution in [3.05, 3.63) is 67.7 Å². The van der Waals surface area contributed by atoms with Crippen molar-refractivity contribution >= 4 is 33.4 Å². The Bertz CT molecular complexity index is 816. The summed E-state index contributed by atoms with van der Waals surface area (Å²) in [6, 6.07) is 8.69. The highest BCUT2D eigenvalue weighted by molar-refractivity contribution is 9.10. The van der Waals surface area contributed by atoms with E-state index in [-0.39, 0.29) is 22.8 Å². The molecule has 0 aliphatic carbocycles. The van der Waals surface area contributed by atoms with E-state index < -0.39 is 10.9 Å². The summed E-state index contributed by atoms with van der Waals surface area (Å²) < 4.78 is 5.67. The van der Waals surface area contributed by atoms with Crippen LogP contribution in [-0.2, 0) is 0 Å². The maximum Gasteiger partial charge on any atom is 0.343 e. The van der Waals surface area contributed by atoms with Crippen molar-refractivity contribution in [3.8, 4) is 5.75 Å². The Morgan fingerprint density at radius 3 is 2.35 bits per heavy atom. The van der Waals surface area contributed by atoms with Crippen molar-refractivity contribution in [2.75, 3.05) is 0 Å². The van der Waals surface area contributed by atoms with Crippen LogP contribution in [0.15, 0.2) is 40.9 Å². The van der Waals surface area contributed by atoms with E-state index in [0.717, 1.165) is 0 Å². The molecule has 0 bridgehead atoms. The lowest BCUT2D eigenvalue weighted by molar-refractivity contribution is -0.385. The zero-order valence-electron chi connectivity index (χ0n) is 12.3. The van der Waals surface area contributed by atoms with Gasteiger partial charge in [-0.3, -0.25) is 14.9 Å². The van der Waals surface area contributed by atoms with E-state index >= 15 is 0 Å². The molecule has 7 heteroatoms. The number of ether oxygens (including phenoxy) is 1. The molecule has 0 spiro atoms. The smallest absolute Gasteiger partial charge is 0.343 e. The zero-order valence-corrected chi connectivity index (χ0v) is 13.9. The molecule has 0 heterocycles. The molecular weight excluding hydrogens is 366 g/mol. The van der Waals surface area contributed by atoms with Crippen molar-refractivity contribution in [2.45, 2.75) is 13.8 Å². The van der Waals surface area contributed by atoms with Gasteiger partial charge in [-0.1, -0.05) is 6.07 Å². The Kier molecular flexibility index (Phi) is 4.90. The molecule has 0 aliphatic rings. The summed E-state index contributed by atoms with van der Waals surface area (Å²) in [5.74, 6) is -0.606. The molecule has 0 saturated carbocycles. The van der Waals surface area contributed by atoms with Gasteiger partial charge in [-0.25, -0.2) is 4.79 Å². The number of benzene rings is 2. The summed E-state index contributed by atoms with van der Waals surface area (Å²) in [4.78, 5) is 33.8. The quantitative estimate of drug-likeness (QED) is 0.263. The summed E-state index contributed by atoms with van der Waals surface area (Å²) in [6.45, 7) is 3.02. The number of Topliss-reactive ketones (excluding diaryl/α,β-unsaturated/α-hetero) is 1. The van der Waals surface area contributed by atoms with Gasteiger partial charge in [0.2, 0.25) is 0 Å². The van der Waals surface area contributed by atoms with Gasteiger partial charge < -0.3 is 4.74 Å². The molecule has 0 saturated heterocycles. The number of halogens is 1. The monoisotopic (exact) mass is 377 g/mol. The minimum Gasteiger partial charge on any atom is -0.422 e. The van der Waals surface area contributed by atoms with Crippen LogP contribution >= 0.6 is 15.9 Å². The Balaban J connectivity index is 2.27. The lowest BCUT2D eigenvalue weighted by Crippen LogP contribution is -2.10. The highest BCUT2D eigenvalue weighted by atomic mass is 79.9. The first-order valence-electron chi connectivity index (χ1n) is 6.57. The normalized spacial score (nSPS) is 10.2. The fourth-order valence-corrected chi connectivity index (χ4v) is 2.35. The Morgan fingerprint density at radius 1 is 1.13 bits per heavy atom. The van der Waals surface area contributed by atoms with Crippen molar-refractivity contribution < 1.29 is 19.2 Å². The van der Waals surface area contributed by atoms with Gasteiger partial charge in [0.25, 0.3) is 5.69 Å². The summed E-state index contributed by atoms with van der Waals surface area (Å²) in [6.07, 6.45) is 0. The van der Waals surface area contributed by atoms with E-state index in [0.29, 0.717) is 15.6 Å². The molecule has 0 amide bonds. The van der Waals surface area contributed by atoms with Crippen LogP contribution in [0.25, 0.3) is 0 Å². The molecule has 23 heavy (non-hydrogen) atoms. The second kappa shape index (κ2) is 6.70. The van der Waals surface area contributed by atoms with Gasteiger partial charge in [-0.05, 0) is 54.0 Å². The fourth-order valence-electron chi connectivity index (χ4n) is 1.89. The van der Waals surface area contributed by atoms with Crippen molar-refractivity contribution in [1.29, 1.82) is 0 Å². The molecule has 0 fully saturated rings. The third-order valence-corrected chi connectivity index (χ3v) is 3.80. The fraction of sp³-hybridized carbons (Fsp3) is 0.125. The molecule has 0 N–H and O–H groups in total. The number of rotatable bonds is 4. The molecule has 0 atom stereocenters. The first-order valence-corrected chi connectivity index (χ1v) is 7.36. The molecule has 0 aromatic heterocycles. The number of hydrogen-bond acceptors (Lipinski definition) is 5. The molecule has 0 radical (unpaired) electrons. The predicted molar refractivity (Wildman–Crippen MR) is 86.9 cm³/mol. The highest BCUT2D eigenvalue weighted by Gasteiger charge is 2.17. The van der Waals surface area contributed by atoms with Gasteiger partial charge >= 0.3 is 5.97 Å². The number of ketones is 1. The topological polar surface area (TPSA) is 86.5 Å². The van der Waals surface area contributed by atoms with E-state index in [9.17, 15) is 19.7 Å². The summed E-state index contributed by atoms with van der Waals surface area (Å²) >= 11 is 3.23. The number of carbonyl (C=O) groups excluding carboxylic acids is 2. The number of aryl methyl sites for hydroxylation is 1. The third kappa shape index (κ3) is 3.81. The minimum atomic E-state index is -0.718. The molecule has 0 unspecified atom stereocenters. The molecular formula is C16H12BrNO5. The number of nitro groups is 1. The van der Waals surface area contributed by atoms with E-state index in [2.05, 4.69) is 15.9 Å². The largest absolute Gasteiger partial charge is 0.422 e. The van der Waals surface area contributed by atoms with Crippen LogP contribution < -0.4 is 4.74 Å². The second-order valence-corrected chi connectivity index (χ2v) is 5.70. The SMILES string of the molecule is CC(=O)c1ccc(OC(=O)c2ccc(C)c([N+](=O)[O-])c2)c(Br)c1. The number of carbonyl (C=O) groups is 2. The summed E-state index contributed by atoms with van der Waals surface area (Å²) in [5, 5.41) is 10.9. The number of nitrogens with zero attached hydrogens (tertiary/aromatic N) is 1. The van der Waals surface area contributed by atoms with E-state index in [1.807, 2.05) is 0 Å². The standard InChI is InChI=1S/C16H12BrNO5/c1-9-3-4-12(8-14(9)18(21)22)16(20)23-15-6-5-11(10(2)19)7-13(15)17/h3-8H,1-2H3. The van der Waals surface area contributed by atoms with Crippen LogP contribution in [-0.4, -0.2) is 16.7 Å². The van der Waals surface area contributed by atoms with Gasteiger partial charge in [-0.15, -0.1) is 0 Å². The average molecular weight is 378 g/mol. The maximum absolute atomic E-state index is 12.1. The Morgan fingerprint density at radius 2 is 1.78 bits per heavy atom. The maximum atomic E-state index is 12.1. The molecule has 118 valence electrons. The molecule has 2 rings (SSSR count). The van der Waals surface area contributed by atoms with Crippen LogP contribution in [0.2, 0.25) is 0 Å². The van der Waals surface area contributed by atoms with Gasteiger partial charge in [-0.2, -0.15) is 0 Å². The van der Waals surface area contributed by atoms with E-state index in [4.69, 9.17) is 4.74 Å². The average Bonchev–Trinajstić information content (AvgIpc) is 2.49. The molecule has 6 nitrogen and oxygen atoms in total. The van der Waals surface area contributed by atoms with E-state index in [1.165, 1.54) is 37.3 Å².